The number of thiocarbonyl (C=S) groups is 1. The van der Waals surface area contributed by atoms with Crippen LogP contribution in [0.1, 0.15) is 10.3 Å². The number of thioether (sulfide) groups is 1. The molecule has 0 radical (unpaired) electrons. The van der Waals surface area contributed by atoms with Gasteiger partial charge in [0.2, 0.25) is 0 Å². The molecule has 1 fully saturated rings. The maximum Gasteiger partial charge on any atom is 0.174 e. The van der Waals surface area contributed by atoms with E-state index in [4.69, 9.17) is 17.0 Å². The molecule has 0 aliphatic carbocycles. The predicted molar refractivity (Wildman–Crippen MR) is 103 cm³/mol. The van der Waals surface area contributed by atoms with E-state index in [9.17, 15) is 0 Å². The molecule has 2 aromatic rings. The van der Waals surface area contributed by atoms with E-state index in [0.717, 1.165) is 32.6 Å². The number of rotatable bonds is 3. The first kappa shape index (κ1) is 16.1. The second kappa shape index (κ2) is 7.21. The molecule has 1 aliphatic rings. The summed E-state index contributed by atoms with van der Waals surface area (Å²) < 4.78 is 6.33. The van der Waals surface area contributed by atoms with Gasteiger partial charge in [-0.15, -0.1) is 23.1 Å². The number of ether oxygens (including phenoxy) is 1. The minimum absolute atomic E-state index is 0.301. The van der Waals surface area contributed by atoms with Crippen LogP contribution in [0.2, 0.25) is 0 Å². The second-order valence-electron chi connectivity index (χ2n) is 4.72. The lowest BCUT2D eigenvalue weighted by Crippen LogP contribution is -2.33. The van der Waals surface area contributed by atoms with Gasteiger partial charge in [0.15, 0.2) is 5.11 Å². The Hall–Kier alpha value is -0.760. The maximum absolute atomic E-state index is 5.60. The van der Waals surface area contributed by atoms with Crippen LogP contribution in [-0.2, 0) is 0 Å². The van der Waals surface area contributed by atoms with Crippen molar-refractivity contribution >= 4 is 62.0 Å². The highest BCUT2D eigenvalue weighted by atomic mass is 79.9. The number of benzene rings is 1. The molecule has 1 N–H and O–H groups in total. The molecule has 1 aromatic heterocycles. The summed E-state index contributed by atoms with van der Waals surface area (Å²) in [6.07, 6.45) is 0. The summed E-state index contributed by atoms with van der Waals surface area (Å²) in [5.74, 6) is 1.93. The highest BCUT2D eigenvalue weighted by molar-refractivity contribution is 9.11. The molecule has 0 amide bonds. The molecule has 3 rings (SSSR count). The zero-order chi connectivity index (χ0) is 15.5. The fourth-order valence-electron chi connectivity index (χ4n) is 2.24. The molecule has 3 nitrogen and oxygen atoms in total. The quantitative estimate of drug-likeness (QED) is 0.715. The van der Waals surface area contributed by atoms with Crippen LogP contribution in [0.15, 0.2) is 40.2 Å². The zero-order valence-corrected chi connectivity index (χ0v) is 15.9. The smallest absolute Gasteiger partial charge is 0.174 e. The fraction of sp³-hybridized carbons (Fsp3) is 0.267. The molecule has 0 bridgehead atoms. The van der Waals surface area contributed by atoms with Gasteiger partial charge in [0, 0.05) is 22.9 Å². The van der Waals surface area contributed by atoms with E-state index >= 15 is 0 Å². The van der Waals surface area contributed by atoms with Crippen LogP contribution >= 0.6 is 51.2 Å². The van der Waals surface area contributed by atoms with E-state index in [1.165, 1.54) is 4.88 Å². The molecule has 1 aromatic carbocycles. The molecule has 0 saturated carbocycles. The second-order valence-corrected chi connectivity index (χ2v) is 8.79. The third-order valence-electron chi connectivity index (χ3n) is 3.33. The first-order valence-corrected chi connectivity index (χ1v) is 9.82. The Bertz CT molecular complexity index is 659. The van der Waals surface area contributed by atoms with Gasteiger partial charge in [-0.05, 0) is 64.5 Å². The van der Waals surface area contributed by atoms with Gasteiger partial charge in [0.1, 0.15) is 11.1 Å². The highest BCUT2D eigenvalue weighted by Gasteiger charge is 2.29. The van der Waals surface area contributed by atoms with Crippen LogP contribution < -0.4 is 10.1 Å². The van der Waals surface area contributed by atoms with Crippen molar-refractivity contribution in [2.24, 2.45) is 0 Å². The van der Waals surface area contributed by atoms with Crippen molar-refractivity contribution in [3.8, 4) is 5.75 Å². The van der Waals surface area contributed by atoms with Crippen molar-refractivity contribution in [1.29, 1.82) is 0 Å². The van der Waals surface area contributed by atoms with Gasteiger partial charge in [0.25, 0.3) is 0 Å². The summed E-state index contributed by atoms with van der Waals surface area (Å²) in [6.45, 7) is 0.965. The van der Waals surface area contributed by atoms with Crippen molar-refractivity contribution < 1.29 is 4.74 Å². The first-order chi connectivity index (χ1) is 10.7. The third kappa shape index (κ3) is 3.59. The van der Waals surface area contributed by atoms with Gasteiger partial charge < -0.3 is 15.0 Å². The lowest BCUT2D eigenvalue weighted by atomic mass is 10.3. The number of nitrogens with one attached hydrogen (secondary N) is 1. The van der Waals surface area contributed by atoms with Gasteiger partial charge in [-0.1, -0.05) is 0 Å². The van der Waals surface area contributed by atoms with E-state index in [1.54, 1.807) is 18.4 Å². The number of hydrogen-bond acceptors (Lipinski definition) is 4. The molecule has 1 saturated heterocycles. The van der Waals surface area contributed by atoms with E-state index in [0.29, 0.717) is 5.37 Å². The van der Waals surface area contributed by atoms with Crippen LogP contribution in [-0.4, -0.2) is 29.4 Å². The number of halogens is 1. The number of anilines is 1. The SMILES string of the molecule is COc1ccc(NC(=S)N2CCSC2c2ccc(Br)s2)cc1. The number of nitrogens with zero attached hydrogens (tertiary/aromatic N) is 1. The molecular formula is C15H15BrN2OS3. The fourth-order valence-corrected chi connectivity index (χ4v) is 5.55. The number of methoxy groups -OCH3 is 1. The molecule has 1 unspecified atom stereocenters. The van der Waals surface area contributed by atoms with Crippen LogP contribution in [0.4, 0.5) is 5.69 Å². The molecule has 116 valence electrons. The standard InChI is InChI=1S/C15H15BrN2OS3/c1-19-11-4-2-10(3-5-11)17-15(20)18-8-9-21-14(18)12-6-7-13(16)22-12/h2-7,14H,8-9H2,1H3,(H,17,20). The van der Waals surface area contributed by atoms with Crippen LogP contribution in [0.3, 0.4) is 0 Å². The Kier molecular flexibility index (Phi) is 5.28. The van der Waals surface area contributed by atoms with Crippen molar-refractivity contribution in [1.82, 2.24) is 4.90 Å². The Balaban J connectivity index is 1.70. The molecule has 1 atom stereocenters. The van der Waals surface area contributed by atoms with Crippen LogP contribution in [0.25, 0.3) is 0 Å². The van der Waals surface area contributed by atoms with Crippen molar-refractivity contribution in [2.75, 3.05) is 24.7 Å². The Morgan fingerprint density at radius 3 is 2.73 bits per heavy atom. The molecule has 2 heterocycles. The largest absolute Gasteiger partial charge is 0.497 e. The minimum atomic E-state index is 0.301. The average molecular weight is 415 g/mol. The normalized spacial score (nSPS) is 17.5. The zero-order valence-electron chi connectivity index (χ0n) is 11.9. The van der Waals surface area contributed by atoms with Gasteiger partial charge in [-0.3, -0.25) is 0 Å². The van der Waals surface area contributed by atoms with E-state index < -0.39 is 0 Å². The van der Waals surface area contributed by atoms with Crippen molar-refractivity contribution in [3.05, 3.63) is 45.1 Å². The molecule has 22 heavy (non-hydrogen) atoms. The molecular weight excluding hydrogens is 400 g/mol. The molecule has 1 aliphatic heterocycles. The van der Waals surface area contributed by atoms with Crippen LogP contribution in [0, 0.1) is 0 Å². The van der Waals surface area contributed by atoms with Gasteiger partial charge in [-0.25, -0.2) is 0 Å². The van der Waals surface area contributed by atoms with Gasteiger partial charge >= 0.3 is 0 Å². The van der Waals surface area contributed by atoms with Crippen molar-refractivity contribution in [2.45, 2.75) is 5.37 Å². The summed E-state index contributed by atoms with van der Waals surface area (Å²) in [7, 11) is 1.66. The maximum atomic E-state index is 5.60. The Morgan fingerprint density at radius 1 is 1.32 bits per heavy atom. The summed E-state index contributed by atoms with van der Waals surface area (Å²) in [5, 5.41) is 4.39. The third-order valence-corrected chi connectivity index (χ3v) is 6.73. The molecule has 7 heteroatoms. The predicted octanol–water partition coefficient (Wildman–Crippen LogP) is 4.96. The summed E-state index contributed by atoms with van der Waals surface area (Å²) >= 11 is 12.8. The van der Waals surface area contributed by atoms with E-state index in [-0.39, 0.29) is 0 Å². The Labute approximate surface area is 152 Å². The summed E-state index contributed by atoms with van der Waals surface area (Å²) in [5.41, 5.74) is 0.980. The average Bonchev–Trinajstić information content (AvgIpc) is 3.16. The van der Waals surface area contributed by atoms with Crippen molar-refractivity contribution in [3.63, 3.8) is 0 Å². The monoisotopic (exact) mass is 414 g/mol. The first-order valence-electron chi connectivity index (χ1n) is 6.76. The van der Waals surface area contributed by atoms with Crippen LogP contribution in [0.5, 0.6) is 5.75 Å². The molecule has 0 spiro atoms. The minimum Gasteiger partial charge on any atom is -0.497 e. The number of thiophene rings is 1. The Morgan fingerprint density at radius 2 is 2.09 bits per heavy atom. The topological polar surface area (TPSA) is 24.5 Å². The van der Waals surface area contributed by atoms with E-state index in [1.807, 2.05) is 36.0 Å². The highest BCUT2D eigenvalue weighted by Crippen LogP contribution is 2.42. The van der Waals surface area contributed by atoms with E-state index in [2.05, 4.69) is 38.3 Å². The summed E-state index contributed by atoms with van der Waals surface area (Å²) in [4.78, 5) is 3.58. The van der Waals surface area contributed by atoms with Gasteiger partial charge in [0.05, 0.1) is 10.9 Å². The lowest BCUT2D eigenvalue weighted by Gasteiger charge is -2.26. The summed E-state index contributed by atoms with van der Waals surface area (Å²) in [6, 6.07) is 12.1. The lowest BCUT2D eigenvalue weighted by molar-refractivity contribution is 0.415. The van der Waals surface area contributed by atoms with Gasteiger partial charge in [-0.2, -0.15) is 0 Å². The number of hydrogen-bond donors (Lipinski definition) is 1.